The van der Waals surface area contributed by atoms with Crippen LogP contribution >= 0.6 is 0 Å². The van der Waals surface area contributed by atoms with Crippen LogP contribution in [0.2, 0.25) is 0 Å². The number of carbonyl (C=O) groups is 1. The van der Waals surface area contributed by atoms with Crippen molar-refractivity contribution in [2.45, 2.75) is 31.5 Å². The maximum atomic E-state index is 11.3. The molecule has 1 unspecified atom stereocenters. The zero-order valence-electron chi connectivity index (χ0n) is 8.25. The predicted octanol–water partition coefficient (Wildman–Crippen LogP) is -0.334. The lowest BCUT2D eigenvalue weighted by Crippen LogP contribution is -2.41. The van der Waals surface area contributed by atoms with Crippen molar-refractivity contribution in [1.82, 2.24) is 5.32 Å². The summed E-state index contributed by atoms with van der Waals surface area (Å²) in [5.41, 5.74) is -1.80. The number of piperidine rings is 1. The van der Waals surface area contributed by atoms with E-state index in [1.165, 1.54) is 6.92 Å². The zero-order valence-corrected chi connectivity index (χ0v) is 8.25. The second kappa shape index (κ2) is 4.45. The summed E-state index contributed by atoms with van der Waals surface area (Å²) < 4.78 is 5.08. The first-order valence-electron chi connectivity index (χ1n) is 4.68. The lowest BCUT2D eigenvalue weighted by atomic mass is 10.1. The fourth-order valence-electron chi connectivity index (χ4n) is 1.24. The molecule has 0 aliphatic carbocycles. The number of esters is 1. The van der Waals surface area contributed by atoms with Gasteiger partial charge in [-0.2, -0.15) is 0 Å². The van der Waals surface area contributed by atoms with Gasteiger partial charge in [-0.3, -0.25) is 0 Å². The molecule has 0 bridgehead atoms. The number of nitrogens with one attached hydrogen (secondary N) is 1. The molecular formula is C10H15NO3. The first-order valence-corrected chi connectivity index (χ1v) is 4.68. The number of aliphatic hydroxyl groups is 1. The number of rotatable bonds is 2. The number of ether oxygens (including phenoxy) is 1. The summed E-state index contributed by atoms with van der Waals surface area (Å²) in [5.74, 6) is 1.27. The Hall–Kier alpha value is -1.05. The Morgan fingerprint density at radius 3 is 2.71 bits per heavy atom. The molecule has 1 rings (SSSR count). The molecule has 0 saturated carbocycles. The maximum Gasteiger partial charge on any atom is 0.350 e. The van der Waals surface area contributed by atoms with Crippen molar-refractivity contribution in [3.05, 3.63) is 0 Å². The van der Waals surface area contributed by atoms with Crippen LogP contribution in [0.25, 0.3) is 0 Å². The summed E-state index contributed by atoms with van der Waals surface area (Å²) in [6.07, 6.45) is 6.42. The van der Waals surface area contributed by atoms with Gasteiger partial charge in [0.25, 0.3) is 0 Å². The largest absolute Gasteiger partial charge is 0.459 e. The second-order valence-electron chi connectivity index (χ2n) is 3.57. The first-order chi connectivity index (χ1) is 6.56. The van der Waals surface area contributed by atoms with E-state index in [4.69, 9.17) is 11.2 Å². The molecule has 1 heterocycles. The molecule has 1 aliphatic heterocycles. The molecule has 4 heteroatoms. The highest BCUT2D eigenvalue weighted by Gasteiger charge is 2.31. The fraction of sp³-hybridized carbons (Fsp3) is 0.700. The van der Waals surface area contributed by atoms with Crippen LogP contribution in [0.3, 0.4) is 0 Å². The molecule has 0 amide bonds. The summed E-state index contributed by atoms with van der Waals surface area (Å²) in [7, 11) is 0. The standard InChI is InChI=1S/C10H15NO3/c1-3-10(2,13)9(12)14-8-4-6-11-7-5-8/h1,8,11,13H,4-7H2,2H3. The molecule has 1 fully saturated rings. The van der Waals surface area contributed by atoms with E-state index in [1.54, 1.807) is 0 Å². The fourth-order valence-corrected chi connectivity index (χ4v) is 1.24. The van der Waals surface area contributed by atoms with Crippen LogP contribution in [0.1, 0.15) is 19.8 Å². The predicted molar refractivity (Wildman–Crippen MR) is 51.4 cm³/mol. The Kier molecular flexibility index (Phi) is 3.50. The Morgan fingerprint density at radius 1 is 1.64 bits per heavy atom. The summed E-state index contributed by atoms with van der Waals surface area (Å²) in [4.78, 5) is 11.3. The Bertz CT molecular complexity index is 249. The molecule has 0 aromatic carbocycles. The second-order valence-corrected chi connectivity index (χ2v) is 3.57. The van der Waals surface area contributed by atoms with Gasteiger partial charge in [0.05, 0.1) is 0 Å². The first kappa shape index (κ1) is 11.0. The minimum atomic E-state index is -1.80. The minimum absolute atomic E-state index is 0.122. The van der Waals surface area contributed by atoms with Crippen LogP contribution < -0.4 is 5.32 Å². The smallest absolute Gasteiger partial charge is 0.350 e. The SMILES string of the molecule is C#CC(C)(O)C(=O)OC1CCNCC1. The lowest BCUT2D eigenvalue weighted by Gasteiger charge is -2.25. The van der Waals surface area contributed by atoms with E-state index in [-0.39, 0.29) is 6.10 Å². The van der Waals surface area contributed by atoms with Crippen LogP contribution in [0.15, 0.2) is 0 Å². The van der Waals surface area contributed by atoms with E-state index in [9.17, 15) is 9.90 Å². The molecule has 1 saturated heterocycles. The molecule has 14 heavy (non-hydrogen) atoms. The van der Waals surface area contributed by atoms with Crippen molar-refractivity contribution in [3.63, 3.8) is 0 Å². The summed E-state index contributed by atoms with van der Waals surface area (Å²) in [6, 6.07) is 0. The monoisotopic (exact) mass is 197 g/mol. The van der Waals surface area contributed by atoms with Crippen LogP contribution in [0.5, 0.6) is 0 Å². The van der Waals surface area contributed by atoms with Crippen LogP contribution in [0, 0.1) is 12.3 Å². The molecule has 1 aliphatic rings. The molecule has 0 spiro atoms. The van der Waals surface area contributed by atoms with Crippen molar-refractivity contribution in [2.75, 3.05) is 13.1 Å². The van der Waals surface area contributed by atoms with Gasteiger partial charge in [-0.25, -0.2) is 4.79 Å². The molecular weight excluding hydrogens is 182 g/mol. The topological polar surface area (TPSA) is 58.6 Å². The molecule has 1 atom stereocenters. The Labute approximate surface area is 83.6 Å². The van der Waals surface area contributed by atoms with Gasteiger partial charge in [-0.15, -0.1) is 6.42 Å². The highest BCUT2D eigenvalue weighted by molar-refractivity contribution is 5.82. The normalized spacial score (nSPS) is 22.1. The number of hydrogen-bond acceptors (Lipinski definition) is 4. The van der Waals surface area contributed by atoms with Gasteiger partial charge in [0.15, 0.2) is 0 Å². The van der Waals surface area contributed by atoms with Crippen LogP contribution in [-0.4, -0.2) is 35.9 Å². The van der Waals surface area contributed by atoms with Gasteiger partial charge >= 0.3 is 5.97 Å². The van der Waals surface area contributed by atoms with Gasteiger partial charge in [0.2, 0.25) is 5.60 Å². The molecule has 0 radical (unpaired) electrons. The third-order valence-corrected chi connectivity index (χ3v) is 2.24. The van der Waals surface area contributed by atoms with Crippen molar-refractivity contribution in [1.29, 1.82) is 0 Å². The minimum Gasteiger partial charge on any atom is -0.459 e. The van der Waals surface area contributed by atoms with Crippen molar-refractivity contribution in [2.24, 2.45) is 0 Å². The summed E-state index contributed by atoms with van der Waals surface area (Å²) in [6.45, 7) is 2.92. The van der Waals surface area contributed by atoms with E-state index in [0.717, 1.165) is 25.9 Å². The van der Waals surface area contributed by atoms with Crippen molar-refractivity contribution < 1.29 is 14.6 Å². The number of hydrogen-bond donors (Lipinski definition) is 2. The summed E-state index contributed by atoms with van der Waals surface area (Å²) in [5, 5.41) is 12.5. The van der Waals surface area contributed by atoms with Gasteiger partial charge in [0, 0.05) is 0 Å². The average Bonchev–Trinajstić information content (AvgIpc) is 2.19. The Balaban J connectivity index is 2.44. The third-order valence-electron chi connectivity index (χ3n) is 2.24. The average molecular weight is 197 g/mol. The van der Waals surface area contributed by atoms with E-state index in [2.05, 4.69) is 5.32 Å². The van der Waals surface area contributed by atoms with Crippen LogP contribution in [-0.2, 0) is 9.53 Å². The Morgan fingerprint density at radius 2 is 2.21 bits per heavy atom. The van der Waals surface area contributed by atoms with Gasteiger partial charge in [0.1, 0.15) is 6.10 Å². The third kappa shape index (κ3) is 2.72. The molecule has 0 aromatic rings. The lowest BCUT2D eigenvalue weighted by molar-refractivity contribution is -0.164. The highest BCUT2D eigenvalue weighted by Crippen LogP contribution is 2.12. The summed E-state index contributed by atoms with van der Waals surface area (Å²) >= 11 is 0. The van der Waals surface area contributed by atoms with Gasteiger partial charge < -0.3 is 15.2 Å². The van der Waals surface area contributed by atoms with Crippen molar-refractivity contribution in [3.8, 4) is 12.3 Å². The highest BCUT2D eigenvalue weighted by atomic mass is 16.6. The number of terminal acetylenes is 1. The van der Waals surface area contributed by atoms with Crippen molar-refractivity contribution >= 4 is 5.97 Å². The quantitative estimate of drug-likeness (QED) is 0.470. The molecule has 0 aromatic heterocycles. The molecule has 4 nitrogen and oxygen atoms in total. The molecule has 2 N–H and O–H groups in total. The van der Waals surface area contributed by atoms with E-state index in [0.29, 0.717) is 0 Å². The van der Waals surface area contributed by atoms with Crippen LogP contribution in [0.4, 0.5) is 0 Å². The van der Waals surface area contributed by atoms with Gasteiger partial charge in [-0.1, -0.05) is 5.92 Å². The van der Waals surface area contributed by atoms with E-state index < -0.39 is 11.6 Å². The van der Waals surface area contributed by atoms with E-state index in [1.807, 2.05) is 5.92 Å². The number of carbonyl (C=O) groups excluding carboxylic acids is 1. The molecule has 78 valence electrons. The van der Waals surface area contributed by atoms with Gasteiger partial charge in [-0.05, 0) is 32.9 Å². The van der Waals surface area contributed by atoms with E-state index >= 15 is 0 Å². The maximum absolute atomic E-state index is 11.3. The zero-order chi connectivity index (χ0) is 10.6.